The fourth-order valence-electron chi connectivity index (χ4n) is 2.29. The van der Waals surface area contributed by atoms with Crippen molar-refractivity contribution in [3.05, 3.63) is 45.7 Å². The molecule has 0 unspecified atom stereocenters. The molecule has 0 saturated carbocycles. The Morgan fingerprint density at radius 2 is 2.18 bits per heavy atom. The zero-order valence-corrected chi connectivity index (χ0v) is 13.5. The van der Waals surface area contributed by atoms with E-state index in [1.54, 1.807) is 18.6 Å². The molecule has 1 aromatic carbocycles. The van der Waals surface area contributed by atoms with Crippen LogP contribution in [-0.2, 0) is 23.1 Å². The van der Waals surface area contributed by atoms with Crippen LogP contribution in [0.15, 0.2) is 23.6 Å². The van der Waals surface area contributed by atoms with Crippen molar-refractivity contribution in [3.8, 4) is 5.75 Å². The topological polar surface area (TPSA) is 59.4 Å². The summed E-state index contributed by atoms with van der Waals surface area (Å²) in [5.74, 6) is -0.574. The van der Waals surface area contributed by atoms with Crippen LogP contribution in [0.5, 0.6) is 5.75 Å². The second-order valence-corrected chi connectivity index (χ2v) is 6.59. The van der Waals surface area contributed by atoms with Gasteiger partial charge in [0, 0.05) is 10.8 Å². The van der Waals surface area contributed by atoms with Gasteiger partial charge in [0.1, 0.15) is 11.6 Å². The van der Waals surface area contributed by atoms with E-state index in [0.29, 0.717) is 17.9 Å². The van der Waals surface area contributed by atoms with Crippen LogP contribution in [0.3, 0.4) is 0 Å². The van der Waals surface area contributed by atoms with Crippen molar-refractivity contribution in [1.29, 1.82) is 0 Å². The second-order valence-electron chi connectivity index (χ2n) is 5.73. The number of hydrogen-bond donors (Lipinski definition) is 1. The highest BCUT2D eigenvalue weighted by atomic mass is 32.1. The van der Waals surface area contributed by atoms with Crippen LogP contribution in [0.4, 0.5) is 4.39 Å². The van der Waals surface area contributed by atoms with Gasteiger partial charge in [-0.1, -0.05) is 13.8 Å². The molecule has 0 amide bonds. The average molecular weight is 323 g/mol. The summed E-state index contributed by atoms with van der Waals surface area (Å²) in [6.07, 6.45) is 0.462. The van der Waals surface area contributed by atoms with Gasteiger partial charge in [-0.3, -0.25) is 4.79 Å². The maximum absolute atomic E-state index is 13.5. The van der Waals surface area contributed by atoms with Crippen LogP contribution >= 0.6 is 11.3 Å². The highest BCUT2D eigenvalue weighted by molar-refractivity contribution is 7.09. The molecule has 0 atom stereocenters. The molecule has 0 radical (unpaired) electrons. The molecule has 0 spiro atoms. The van der Waals surface area contributed by atoms with Crippen molar-refractivity contribution < 1.29 is 19.0 Å². The number of carbonyl (C=O) groups is 1. The van der Waals surface area contributed by atoms with E-state index in [4.69, 9.17) is 9.84 Å². The van der Waals surface area contributed by atoms with E-state index in [2.05, 4.69) is 4.98 Å². The maximum atomic E-state index is 13.5. The normalized spacial score (nSPS) is 11.5. The molecular formula is C16H18FNO3S. The number of methoxy groups -OCH3 is 1. The van der Waals surface area contributed by atoms with Crippen LogP contribution in [-0.4, -0.2) is 23.2 Å². The number of rotatable bonds is 6. The van der Waals surface area contributed by atoms with Gasteiger partial charge >= 0.3 is 5.97 Å². The maximum Gasteiger partial charge on any atom is 0.309 e. The number of hydrogen-bond acceptors (Lipinski definition) is 4. The molecule has 1 N–H and O–H groups in total. The molecule has 1 heterocycles. The van der Waals surface area contributed by atoms with E-state index < -0.39 is 5.97 Å². The van der Waals surface area contributed by atoms with Gasteiger partial charge in [-0.15, -0.1) is 11.3 Å². The van der Waals surface area contributed by atoms with Gasteiger partial charge < -0.3 is 9.84 Å². The Hall–Kier alpha value is -1.95. The molecule has 0 aliphatic rings. The lowest BCUT2D eigenvalue weighted by molar-refractivity contribution is -0.136. The Balaban J connectivity index is 2.25. The molecule has 0 fully saturated rings. The van der Waals surface area contributed by atoms with Gasteiger partial charge in [0.15, 0.2) is 0 Å². The number of ether oxygens (including phenoxy) is 1. The van der Waals surface area contributed by atoms with Crippen molar-refractivity contribution in [2.45, 2.75) is 32.1 Å². The molecule has 6 heteroatoms. The first-order chi connectivity index (χ1) is 10.3. The first kappa shape index (κ1) is 16.4. The highest BCUT2D eigenvalue weighted by Gasteiger charge is 2.27. The van der Waals surface area contributed by atoms with Gasteiger partial charge in [0.05, 0.1) is 24.2 Å². The van der Waals surface area contributed by atoms with Crippen LogP contribution < -0.4 is 4.74 Å². The van der Waals surface area contributed by atoms with Crippen molar-refractivity contribution in [2.75, 3.05) is 7.11 Å². The summed E-state index contributed by atoms with van der Waals surface area (Å²) >= 11 is 1.43. The summed E-state index contributed by atoms with van der Waals surface area (Å²) in [4.78, 5) is 15.1. The monoisotopic (exact) mass is 323 g/mol. The molecule has 2 rings (SSSR count). The predicted octanol–water partition coefficient (Wildman–Crippen LogP) is 3.44. The van der Waals surface area contributed by atoms with Crippen molar-refractivity contribution in [1.82, 2.24) is 4.98 Å². The lowest BCUT2D eigenvalue weighted by Gasteiger charge is -2.23. The van der Waals surface area contributed by atoms with Crippen LogP contribution in [0.2, 0.25) is 0 Å². The van der Waals surface area contributed by atoms with E-state index >= 15 is 0 Å². The molecule has 0 saturated heterocycles. The minimum atomic E-state index is -0.901. The van der Waals surface area contributed by atoms with E-state index in [9.17, 15) is 9.18 Å². The van der Waals surface area contributed by atoms with Gasteiger partial charge in [-0.25, -0.2) is 9.37 Å². The van der Waals surface area contributed by atoms with E-state index in [0.717, 1.165) is 10.6 Å². The minimum Gasteiger partial charge on any atom is -0.496 e. The van der Waals surface area contributed by atoms with Crippen LogP contribution in [0, 0.1) is 5.82 Å². The molecule has 2 aromatic rings. The number of aromatic nitrogens is 1. The fraction of sp³-hybridized carbons (Fsp3) is 0.375. The fourth-order valence-corrected chi connectivity index (χ4v) is 3.24. The third kappa shape index (κ3) is 3.82. The second kappa shape index (κ2) is 6.44. The number of carboxylic acid groups (broad SMARTS) is 1. The standard InChI is InChI=1S/C16H18FNO3S/c1-16(2,15-18-12(9-22-15)7-14(19)20)8-10-6-11(17)4-5-13(10)21-3/h4-6,9H,7-8H2,1-3H3,(H,19,20). The van der Waals surface area contributed by atoms with Crippen molar-refractivity contribution in [2.24, 2.45) is 0 Å². The number of halogens is 1. The number of aliphatic carboxylic acids is 1. The Labute approximate surface area is 132 Å². The molecule has 1 aromatic heterocycles. The lowest BCUT2D eigenvalue weighted by Crippen LogP contribution is -2.21. The van der Waals surface area contributed by atoms with Crippen molar-refractivity contribution in [3.63, 3.8) is 0 Å². The van der Waals surface area contributed by atoms with E-state index in [1.165, 1.54) is 23.5 Å². The van der Waals surface area contributed by atoms with E-state index in [-0.39, 0.29) is 17.7 Å². The zero-order chi connectivity index (χ0) is 16.3. The number of carboxylic acids is 1. The summed E-state index contributed by atoms with van der Waals surface area (Å²) in [5, 5.41) is 11.4. The van der Waals surface area contributed by atoms with Gasteiger partial charge in [-0.05, 0) is 30.2 Å². The highest BCUT2D eigenvalue weighted by Crippen LogP contribution is 2.33. The molecule has 4 nitrogen and oxygen atoms in total. The number of benzene rings is 1. The largest absolute Gasteiger partial charge is 0.496 e. The third-order valence-electron chi connectivity index (χ3n) is 3.34. The lowest BCUT2D eigenvalue weighted by atomic mass is 9.86. The molecule has 22 heavy (non-hydrogen) atoms. The van der Waals surface area contributed by atoms with Gasteiger partial charge in [0.25, 0.3) is 0 Å². The summed E-state index contributed by atoms with van der Waals surface area (Å²) in [5.41, 5.74) is 0.969. The smallest absolute Gasteiger partial charge is 0.309 e. The Morgan fingerprint density at radius 3 is 2.82 bits per heavy atom. The van der Waals surface area contributed by atoms with Gasteiger partial charge in [0.2, 0.25) is 0 Å². The Kier molecular flexibility index (Phi) is 4.81. The molecule has 118 valence electrons. The molecule has 0 aliphatic carbocycles. The summed E-state index contributed by atoms with van der Waals surface area (Å²) in [7, 11) is 1.55. The average Bonchev–Trinajstić information content (AvgIpc) is 2.87. The number of thiazole rings is 1. The Bertz CT molecular complexity index is 682. The SMILES string of the molecule is COc1ccc(F)cc1CC(C)(C)c1nc(CC(=O)O)cs1. The first-order valence-corrected chi connectivity index (χ1v) is 7.69. The molecule has 0 aliphatic heterocycles. The van der Waals surface area contributed by atoms with Crippen LogP contribution in [0.25, 0.3) is 0 Å². The third-order valence-corrected chi connectivity index (χ3v) is 4.59. The summed E-state index contributed by atoms with van der Waals surface area (Å²) < 4.78 is 18.8. The number of nitrogens with zero attached hydrogens (tertiary/aromatic N) is 1. The molecule has 0 bridgehead atoms. The van der Waals surface area contributed by atoms with Crippen LogP contribution in [0.1, 0.15) is 30.1 Å². The van der Waals surface area contributed by atoms with Gasteiger partial charge in [-0.2, -0.15) is 0 Å². The Morgan fingerprint density at radius 1 is 1.45 bits per heavy atom. The zero-order valence-electron chi connectivity index (χ0n) is 12.7. The summed E-state index contributed by atoms with van der Waals surface area (Å²) in [6.45, 7) is 4.00. The quantitative estimate of drug-likeness (QED) is 0.884. The molecular weight excluding hydrogens is 305 g/mol. The summed E-state index contributed by atoms with van der Waals surface area (Å²) in [6, 6.07) is 4.44. The van der Waals surface area contributed by atoms with E-state index in [1.807, 2.05) is 13.8 Å². The first-order valence-electron chi connectivity index (χ1n) is 6.81. The van der Waals surface area contributed by atoms with Crippen molar-refractivity contribution >= 4 is 17.3 Å². The minimum absolute atomic E-state index is 0.0874. The predicted molar refractivity (Wildman–Crippen MR) is 83.1 cm³/mol.